The fourth-order valence-electron chi connectivity index (χ4n) is 4.04. The first-order valence-electron chi connectivity index (χ1n) is 10.4. The molecule has 0 aromatic heterocycles. The second-order valence-corrected chi connectivity index (χ2v) is 7.93. The van der Waals surface area contributed by atoms with Crippen molar-refractivity contribution in [2.45, 2.75) is 64.4 Å². The van der Waals surface area contributed by atoms with Crippen LogP contribution in [0.4, 0.5) is 8.78 Å². The van der Waals surface area contributed by atoms with E-state index in [1.807, 2.05) is 12.1 Å². The van der Waals surface area contributed by atoms with Crippen LogP contribution in [0.3, 0.4) is 0 Å². The van der Waals surface area contributed by atoms with Crippen LogP contribution in [0.1, 0.15) is 64.4 Å². The summed E-state index contributed by atoms with van der Waals surface area (Å²) in [6.45, 7) is 7.40. The lowest BCUT2D eigenvalue weighted by Gasteiger charge is -2.37. The quantitative estimate of drug-likeness (QED) is 0.481. The topological polar surface area (TPSA) is 22.0 Å². The Morgan fingerprint density at radius 2 is 1.68 bits per heavy atom. The van der Waals surface area contributed by atoms with Gasteiger partial charge in [0.25, 0.3) is 11.6 Å². The zero-order valence-electron chi connectivity index (χ0n) is 17.1. The zero-order valence-corrected chi connectivity index (χ0v) is 17.1. The molecule has 1 fully saturated rings. The number of aliphatic hydroxyl groups is 1. The summed E-state index contributed by atoms with van der Waals surface area (Å²) >= 11 is 0. The Labute approximate surface area is 166 Å². The van der Waals surface area contributed by atoms with E-state index in [9.17, 15) is 8.78 Å². The van der Waals surface area contributed by atoms with Crippen LogP contribution < -0.4 is 0 Å². The molecule has 1 aliphatic carbocycles. The molecule has 4 heteroatoms. The van der Waals surface area contributed by atoms with E-state index in [0.29, 0.717) is 18.1 Å². The lowest BCUT2D eigenvalue weighted by atomic mass is 9.76. The van der Waals surface area contributed by atoms with Gasteiger partial charge in [0.2, 0.25) is 0 Å². The van der Waals surface area contributed by atoms with Gasteiger partial charge in [-0.2, -0.15) is 4.39 Å². The van der Waals surface area contributed by atoms with E-state index in [2.05, 4.69) is 30.7 Å². The summed E-state index contributed by atoms with van der Waals surface area (Å²) in [6.07, 6.45) is 5.35. The van der Waals surface area contributed by atoms with Gasteiger partial charge in [-0.15, -0.1) is 0 Å². The minimum Gasteiger partial charge on any atom is -0.581 e. The van der Waals surface area contributed by atoms with Crippen LogP contribution in [-0.4, -0.2) is 23.6 Å². The van der Waals surface area contributed by atoms with E-state index in [0.717, 1.165) is 38.7 Å². The molecule has 2 nitrogen and oxygen atoms in total. The zero-order chi connectivity index (χ0) is 20.1. The summed E-state index contributed by atoms with van der Waals surface area (Å²) in [5.74, 6) is -1.12. The number of benzene rings is 2. The Hall–Kier alpha value is -1.94. The molecule has 1 N–H and O–H groups in total. The van der Waals surface area contributed by atoms with Crippen molar-refractivity contribution in [3.63, 3.8) is 0 Å². The van der Waals surface area contributed by atoms with Gasteiger partial charge in [0.1, 0.15) is 0 Å². The average Bonchev–Trinajstić information content (AvgIpc) is 2.71. The highest BCUT2D eigenvalue weighted by atomic mass is 19.2. The van der Waals surface area contributed by atoms with Gasteiger partial charge in [-0.1, -0.05) is 31.2 Å². The predicted molar refractivity (Wildman–Crippen MR) is 110 cm³/mol. The molecule has 2 aromatic carbocycles. The molecule has 1 aliphatic rings. The molecule has 0 aliphatic heterocycles. The molecule has 0 spiro atoms. The first-order chi connectivity index (χ1) is 13.5. The fourth-order valence-corrected chi connectivity index (χ4v) is 4.04. The highest BCUT2D eigenvalue weighted by Crippen LogP contribution is 2.40. The number of hydrogen-bond acceptors (Lipinski definition) is 1. The van der Waals surface area contributed by atoms with Crippen molar-refractivity contribution in [3.05, 3.63) is 53.6 Å². The van der Waals surface area contributed by atoms with E-state index in [1.165, 1.54) is 5.56 Å². The largest absolute Gasteiger partial charge is 0.581 e. The summed E-state index contributed by atoms with van der Waals surface area (Å²) in [5, 5.41) is 0. The van der Waals surface area contributed by atoms with Gasteiger partial charge in [0, 0.05) is 25.2 Å². The summed E-state index contributed by atoms with van der Waals surface area (Å²) in [4.78, 5) is 0. The second-order valence-electron chi connectivity index (χ2n) is 7.93. The van der Waals surface area contributed by atoms with Gasteiger partial charge in [-0.05, 0) is 62.1 Å². The third-order valence-electron chi connectivity index (χ3n) is 5.78. The lowest BCUT2D eigenvalue weighted by Crippen LogP contribution is -2.33. The molecule has 0 saturated heterocycles. The lowest BCUT2D eigenvalue weighted by molar-refractivity contribution is -0.0589. The van der Waals surface area contributed by atoms with Crippen molar-refractivity contribution in [1.29, 1.82) is 0 Å². The van der Waals surface area contributed by atoms with Crippen LogP contribution in [0, 0.1) is 11.6 Å². The standard InChI is InChI=1S/C24H30F2O2/c1-4-16-28-24(3)14-12-18(13-15-24)17-6-8-19(9-7-17)20-10-11-21(27-5-2)23(26)22(20)25/h6-11,18H,4-5,12-16H2,1-3H3/p+1. The monoisotopic (exact) mass is 389 g/mol. The van der Waals surface area contributed by atoms with Crippen LogP contribution in [0.2, 0.25) is 0 Å². The smallest absolute Gasteiger partial charge is 0.294 e. The van der Waals surface area contributed by atoms with Crippen molar-refractivity contribution in [3.8, 4) is 16.9 Å². The molecule has 0 amide bonds. The highest BCUT2D eigenvalue weighted by molar-refractivity contribution is 5.65. The van der Waals surface area contributed by atoms with Gasteiger partial charge in [0.15, 0.2) is 12.4 Å². The summed E-state index contributed by atoms with van der Waals surface area (Å²) in [6, 6.07) is 11.0. The maximum atomic E-state index is 14.5. The molecule has 1 saturated carbocycles. The van der Waals surface area contributed by atoms with Gasteiger partial charge in [0.05, 0.1) is 5.60 Å². The highest BCUT2D eigenvalue weighted by Gasteiger charge is 2.32. The molecule has 0 heterocycles. The Balaban J connectivity index is 1.70. The molecule has 3 rings (SSSR count). The number of aromatic hydroxyl groups is 1. The molecule has 0 bridgehead atoms. The number of halogens is 2. The molecular formula is C24H31F2O2+. The maximum Gasteiger partial charge on any atom is 0.294 e. The van der Waals surface area contributed by atoms with Gasteiger partial charge in [-0.3, -0.25) is 0 Å². The van der Waals surface area contributed by atoms with Crippen LogP contribution in [0.5, 0.6) is 5.75 Å². The summed E-state index contributed by atoms with van der Waals surface area (Å²) < 4.78 is 38.7. The van der Waals surface area contributed by atoms with Crippen molar-refractivity contribution < 1.29 is 18.3 Å². The molecule has 0 unspecified atom stereocenters. The predicted octanol–water partition coefficient (Wildman–Crippen LogP) is 6.74. The van der Waals surface area contributed by atoms with Gasteiger partial charge >= 0.3 is 0 Å². The van der Waals surface area contributed by atoms with Crippen LogP contribution in [0.15, 0.2) is 36.4 Å². The van der Waals surface area contributed by atoms with Crippen molar-refractivity contribution in [1.82, 2.24) is 0 Å². The average molecular weight is 390 g/mol. The number of ether oxygens (including phenoxy) is 2. The summed E-state index contributed by atoms with van der Waals surface area (Å²) in [7, 11) is 0. The molecule has 0 atom stereocenters. The normalized spacial score (nSPS) is 22.2. The first-order valence-corrected chi connectivity index (χ1v) is 10.4. The van der Waals surface area contributed by atoms with Crippen molar-refractivity contribution >= 4 is 0 Å². The van der Waals surface area contributed by atoms with E-state index >= 15 is 0 Å². The third kappa shape index (κ3) is 4.54. The number of rotatable bonds is 7. The molecular weight excluding hydrogens is 358 g/mol. The van der Waals surface area contributed by atoms with Crippen LogP contribution in [-0.2, 0) is 4.74 Å². The van der Waals surface area contributed by atoms with E-state index in [-0.39, 0.29) is 16.9 Å². The van der Waals surface area contributed by atoms with Crippen molar-refractivity contribution in [2.75, 3.05) is 13.2 Å². The van der Waals surface area contributed by atoms with Crippen LogP contribution >= 0.6 is 0 Å². The molecule has 0 radical (unpaired) electrons. The van der Waals surface area contributed by atoms with Gasteiger partial charge < -0.3 is 9.47 Å². The third-order valence-corrected chi connectivity index (χ3v) is 5.78. The number of hydrogen-bond donors (Lipinski definition) is 0. The molecule has 2 aromatic rings. The minimum absolute atomic E-state index is 0.00159. The molecule has 28 heavy (non-hydrogen) atoms. The fraction of sp³-hybridized carbons (Fsp3) is 0.500. The van der Waals surface area contributed by atoms with Gasteiger partial charge in [-0.25, -0.2) is 4.39 Å². The second kappa shape index (κ2) is 9.04. The van der Waals surface area contributed by atoms with Crippen LogP contribution in [0.25, 0.3) is 11.1 Å². The van der Waals surface area contributed by atoms with E-state index in [1.54, 1.807) is 19.1 Å². The Bertz CT molecular complexity index is 778. The Morgan fingerprint density at radius 1 is 1.00 bits per heavy atom. The molecule has 152 valence electrons. The van der Waals surface area contributed by atoms with E-state index < -0.39 is 11.6 Å². The first kappa shape index (κ1) is 20.8. The van der Waals surface area contributed by atoms with E-state index in [4.69, 9.17) is 4.74 Å². The Morgan fingerprint density at radius 3 is 2.29 bits per heavy atom. The SMILES string of the molecule is CCCOC1(C)CCC(c2ccc(-c3ccc([OH+]CC)c(F)c3F)cc2)CC1. The minimum atomic E-state index is -0.873. The van der Waals surface area contributed by atoms with Crippen molar-refractivity contribution in [2.24, 2.45) is 0 Å². The summed E-state index contributed by atoms with van der Waals surface area (Å²) in [5.41, 5.74) is 2.23. The Kier molecular flexibility index (Phi) is 6.71. The maximum absolute atomic E-state index is 14.5.